The standard InChI is InChI=1S/C10H11FN2O2.C9H12FNO.C9H16O.CH5N/c1-15-9-3-2-7(4-8(9)11)5-10(14)13-6-12;1-11-6-7-3-4-8(10)9(5-7)12-2;10-8-4-7-9-5-2-1-3-6-9;1-2/h2-4,6H,5H2,1H3,(H2,12,13,14);3-5,11H,6H2,1-2H3;8-9H,1-7H2;2H2,1H3. The van der Waals surface area contributed by atoms with E-state index < -0.39 is 11.7 Å². The maximum atomic E-state index is 13.2. The fraction of sp³-hybridized carbons (Fsp3) is 0.483. The number of benzene rings is 2. The number of carbonyl (C=O) groups is 2. The molecular weight excluding hydrogens is 506 g/mol. The van der Waals surface area contributed by atoms with Crippen LogP contribution in [0.5, 0.6) is 11.5 Å². The molecule has 0 atom stereocenters. The highest BCUT2D eigenvalue weighted by Gasteiger charge is 2.12. The molecule has 3 rings (SSSR count). The van der Waals surface area contributed by atoms with Crippen molar-refractivity contribution in [1.29, 1.82) is 0 Å². The molecule has 218 valence electrons. The number of hydrogen-bond donors (Lipinski definition) is 3. The monoisotopic (exact) mass is 550 g/mol. The van der Waals surface area contributed by atoms with Gasteiger partial charge in [-0.1, -0.05) is 44.2 Å². The van der Waals surface area contributed by atoms with Crippen LogP contribution in [-0.4, -0.2) is 46.8 Å². The molecule has 0 aliphatic heterocycles. The van der Waals surface area contributed by atoms with Gasteiger partial charge in [0.15, 0.2) is 23.1 Å². The molecule has 1 aliphatic rings. The number of ether oxygens (including phenoxy) is 2. The first-order chi connectivity index (χ1) is 18.9. The van der Waals surface area contributed by atoms with Gasteiger partial charge in [0.05, 0.1) is 27.0 Å². The number of rotatable bonds is 9. The number of nitrogens with one attached hydrogen (secondary N) is 1. The second kappa shape index (κ2) is 22.6. The minimum absolute atomic E-state index is 0.0224. The lowest BCUT2D eigenvalue weighted by Crippen LogP contribution is -2.05. The zero-order chi connectivity index (χ0) is 29.5. The van der Waals surface area contributed by atoms with E-state index in [0.29, 0.717) is 11.3 Å². The lowest BCUT2D eigenvalue weighted by atomic mass is 9.86. The summed E-state index contributed by atoms with van der Waals surface area (Å²) in [5.74, 6) is 0.0779. The van der Waals surface area contributed by atoms with Crippen LogP contribution in [0.2, 0.25) is 0 Å². The predicted octanol–water partition coefficient (Wildman–Crippen LogP) is 4.56. The molecule has 1 saturated carbocycles. The summed E-state index contributed by atoms with van der Waals surface area (Å²) in [5, 5.41) is 2.98. The normalized spacial score (nSPS) is 12.6. The van der Waals surface area contributed by atoms with Crippen molar-refractivity contribution in [3.05, 3.63) is 59.2 Å². The lowest BCUT2D eigenvalue weighted by Gasteiger charge is -2.19. The van der Waals surface area contributed by atoms with Gasteiger partial charge in [-0.25, -0.2) is 13.8 Å². The van der Waals surface area contributed by atoms with Crippen molar-refractivity contribution in [2.45, 2.75) is 57.9 Å². The lowest BCUT2D eigenvalue weighted by molar-refractivity contribution is -0.117. The van der Waals surface area contributed by atoms with Crippen LogP contribution in [0.1, 0.15) is 56.1 Å². The van der Waals surface area contributed by atoms with Crippen molar-refractivity contribution in [3.8, 4) is 11.5 Å². The summed E-state index contributed by atoms with van der Waals surface area (Å²) in [6.45, 7) is 0.719. The molecule has 0 radical (unpaired) electrons. The topological polar surface area (TPSA) is 129 Å². The average molecular weight is 551 g/mol. The van der Waals surface area contributed by atoms with Crippen LogP contribution in [0, 0.1) is 17.6 Å². The van der Waals surface area contributed by atoms with E-state index in [1.165, 1.54) is 71.6 Å². The number of carbonyl (C=O) groups excluding carboxylic acids is 2. The predicted molar refractivity (Wildman–Crippen MR) is 152 cm³/mol. The Labute approximate surface area is 231 Å². The van der Waals surface area contributed by atoms with Crippen LogP contribution in [-0.2, 0) is 22.6 Å². The van der Waals surface area contributed by atoms with Crippen LogP contribution in [0.15, 0.2) is 41.4 Å². The summed E-state index contributed by atoms with van der Waals surface area (Å²) in [6, 6.07) is 9.13. The summed E-state index contributed by atoms with van der Waals surface area (Å²) in [7, 11) is 6.18. The first kappa shape index (κ1) is 35.6. The number of nitrogens with two attached hydrogens (primary N) is 2. The van der Waals surface area contributed by atoms with Gasteiger partial charge in [0.1, 0.15) is 6.29 Å². The molecule has 0 saturated heterocycles. The zero-order valence-electron chi connectivity index (χ0n) is 23.6. The Hall–Kier alpha value is -3.37. The van der Waals surface area contributed by atoms with Crippen LogP contribution < -0.4 is 26.3 Å². The molecule has 0 unspecified atom stereocenters. The van der Waals surface area contributed by atoms with E-state index in [4.69, 9.17) is 15.2 Å². The molecule has 39 heavy (non-hydrogen) atoms. The molecule has 8 nitrogen and oxygen atoms in total. The number of aliphatic imine (C=N–C) groups is 1. The highest BCUT2D eigenvalue weighted by atomic mass is 19.1. The Bertz CT molecular complexity index is 984. The van der Waals surface area contributed by atoms with E-state index in [1.54, 1.807) is 18.2 Å². The number of halogens is 2. The summed E-state index contributed by atoms with van der Waals surface area (Å²) >= 11 is 0. The van der Waals surface area contributed by atoms with Crippen molar-refractivity contribution in [3.63, 3.8) is 0 Å². The molecule has 0 spiro atoms. The van der Waals surface area contributed by atoms with Crippen LogP contribution in [0.4, 0.5) is 8.78 Å². The number of amides is 1. The van der Waals surface area contributed by atoms with Gasteiger partial charge in [-0.3, -0.25) is 4.79 Å². The number of hydrogen-bond acceptors (Lipinski definition) is 6. The van der Waals surface area contributed by atoms with E-state index >= 15 is 0 Å². The summed E-state index contributed by atoms with van der Waals surface area (Å²) in [5.41, 5.74) is 11.0. The third kappa shape index (κ3) is 15.6. The largest absolute Gasteiger partial charge is 0.494 e. The molecule has 1 amide bonds. The first-order valence-corrected chi connectivity index (χ1v) is 13.0. The highest BCUT2D eigenvalue weighted by molar-refractivity contribution is 5.85. The van der Waals surface area contributed by atoms with Gasteiger partial charge in [0, 0.05) is 13.0 Å². The maximum absolute atomic E-state index is 13.2. The molecule has 5 N–H and O–H groups in total. The molecule has 0 heterocycles. The second-order valence-corrected chi connectivity index (χ2v) is 8.56. The fourth-order valence-corrected chi connectivity index (χ4v) is 3.92. The van der Waals surface area contributed by atoms with Gasteiger partial charge in [-0.2, -0.15) is 0 Å². The van der Waals surface area contributed by atoms with E-state index in [2.05, 4.69) is 16.0 Å². The van der Waals surface area contributed by atoms with Gasteiger partial charge < -0.3 is 31.1 Å². The van der Waals surface area contributed by atoms with Gasteiger partial charge in [-0.05, 0) is 61.8 Å². The van der Waals surface area contributed by atoms with Crippen LogP contribution in [0.3, 0.4) is 0 Å². The van der Waals surface area contributed by atoms with Crippen LogP contribution in [0.25, 0.3) is 0 Å². The quantitative estimate of drug-likeness (QED) is 0.237. The smallest absolute Gasteiger partial charge is 0.251 e. The molecule has 1 aliphatic carbocycles. The minimum atomic E-state index is -0.500. The Balaban J connectivity index is 0.000000548. The number of methoxy groups -OCH3 is 2. The highest BCUT2D eigenvalue weighted by Crippen LogP contribution is 2.26. The van der Waals surface area contributed by atoms with E-state index in [1.807, 2.05) is 7.05 Å². The molecule has 1 fully saturated rings. The molecule has 0 bridgehead atoms. The van der Waals surface area contributed by atoms with Crippen molar-refractivity contribution in [2.75, 3.05) is 28.3 Å². The third-order valence-electron chi connectivity index (χ3n) is 5.80. The third-order valence-corrected chi connectivity index (χ3v) is 5.80. The van der Waals surface area contributed by atoms with E-state index in [-0.39, 0.29) is 18.0 Å². The molecule has 10 heteroatoms. The summed E-state index contributed by atoms with van der Waals surface area (Å²) in [6.07, 6.45) is 10.9. The molecule has 0 aromatic heterocycles. The second-order valence-electron chi connectivity index (χ2n) is 8.56. The maximum Gasteiger partial charge on any atom is 0.251 e. The molecule has 2 aromatic rings. The Kier molecular flexibility index (Phi) is 20.6. The Morgan fingerprint density at radius 2 is 1.64 bits per heavy atom. The number of aldehydes is 1. The van der Waals surface area contributed by atoms with Crippen molar-refractivity contribution in [2.24, 2.45) is 22.4 Å². The van der Waals surface area contributed by atoms with Crippen molar-refractivity contribution in [1.82, 2.24) is 5.32 Å². The van der Waals surface area contributed by atoms with E-state index in [9.17, 15) is 18.4 Å². The molecule has 2 aromatic carbocycles. The average Bonchev–Trinajstić information content (AvgIpc) is 2.95. The summed E-state index contributed by atoms with van der Waals surface area (Å²) < 4.78 is 35.6. The van der Waals surface area contributed by atoms with Gasteiger partial charge in [0.2, 0.25) is 0 Å². The Morgan fingerprint density at radius 1 is 1.00 bits per heavy atom. The zero-order valence-corrected chi connectivity index (χ0v) is 23.6. The van der Waals surface area contributed by atoms with Gasteiger partial charge in [-0.15, -0.1) is 0 Å². The Morgan fingerprint density at radius 3 is 2.18 bits per heavy atom. The van der Waals surface area contributed by atoms with E-state index in [0.717, 1.165) is 43.5 Å². The fourth-order valence-electron chi connectivity index (χ4n) is 3.92. The summed E-state index contributed by atoms with van der Waals surface area (Å²) in [4.78, 5) is 24.4. The minimum Gasteiger partial charge on any atom is -0.494 e. The van der Waals surface area contributed by atoms with Crippen LogP contribution >= 0.6 is 0 Å². The van der Waals surface area contributed by atoms with Crippen molar-refractivity contribution >= 4 is 18.5 Å². The van der Waals surface area contributed by atoms with Gasteiger partial charge in [0.25, 0.3) is 5.91 Å². The van der Waals surface area contributed by atoms with Gasteiger partial charge >= 0.3 is 0 Å². The van der Waals surface area contributed by atoms with Crippen molar-refractivity contribution < 1.29 is 27.8 Å². The SMILES string of the molecule is CN.CNCc1ccc(F)c(OC)c1.COc1ccc(CC(=O)N=CN)cc1F.O=CCCC1CCCCC1. The number of nitrogens with zero attached hydrogens (tertiary/aromatic N) is 1. The first-order valence-electron chi connectivity index (χ1n) is 13.0. The molecular formula is C29H44F2N4O4.